The number of carbonyl (C=O) groups excluding carboxylic acids is 3. The number of nitrogens with one attached hydrogen (secondary N) is 1. The van der Waals surface area contributed by atoms with Crippen LogP contribution in [0.15, 0.2) is 41.5 Å². The van der Waals surface area contributed by atoms with Crippen molar-refractivity contribution in [2.75, 3.05) is 11.7 Å². The van der Waals surface area contributed by atoms with Gasteiger partial charge < -0.3 is 19.7 Å². The fourth-order valence-corrected chi connectivity index (χ4v) is 5.52. The lowest BCUT2D eigenvalue weighted by atomic mass is 10.1. The Kier molecular flexibility index (Phi) is 4.79. The van der Waals surface area contributed by atoms with Crippen LogP contribution in [0.4, 0.5) is 5.69 Å². The molecule has 3 aliphatic rings. The topological polar surface area (TPSA) is 101 Å². The number of rotatable bonds is 2. The van der Waals surface area contributed by atoms with E-state index >= 15 is 0 Å². The number of amidine groups is 1. The summed E-state index contributed by atoms with van der Waals surface area (Å²) >= 11 is 7.49. The Bertz CT molecular complexity index is 1220. The molecule has 0 saturated heterocycles. The van der Waals surface area contributed by atoms with Gasteiger partial charge in [0.15, 0.2) is 16.7 Å². The van der Waals surface area contributed by atoms with Gasteiger partial charge in [-0.3, -0.25) is 14.4 Å². The van der Waals surface area contributed by atoms with E-state index in [0.29, 0.717) is 33.3 Å². The number of fused-ring (bicyclic) bond motifs is 3. The Morgan fingerprint density at radius 2 is 1.94 bits per heavy atom. The van der Waals surface area contributed by atoms with Crippen LogP contribution in [0.5, 0.6) is 11.5 Å². The molecule has 164 valence electrons. The minimum absolute atomic E-state index is 0.108. The molecule has 0 radical (unpaired) electrons. The van der Waals surface area contributed by atoms with Crippen molar-refractivity contribution < 1.29 is 23.9 Å². The third-order valence-electron chi connectivity index (χ3n) is 5.28. The lowest BCUT2D eigenvalue weighted by Crippen LogP contribution is -2.48. The molecule has 3 amide bonds. The first-order chi connectivity index (χ1) is 15.3. The molecule has 1 atom stereocenters. The van der Waals surface area contributed by atoms with Gasteiger partial charge in [-0.05, 0) is 29.5 Å². The van der Waals surface area contributed by atoms with Crippen molar-refractivity contribution in [3.8, 4) is 11.5 Å². The zero-order chi connectivity index (χ0) is 22.6. The summed E-state index contributed by atoms with van der Waals surface area (Å²) in [5.41, 5.74) is 1.90. The summed E-state index contributed by atoms with van der Waals surface area (Å²) in [6.07, 6.45) is 0. The first-order valence-corrected chi connectivity index (χ1v) is 10.9. The van der Waals surface area contributed by atoms with Gasteiger partial charge in [0.1, 0.15) is 0 Å². The van der Waals surface area contributed by atoms with Gasteiger partial charge in [0, 0.05) is 30.5 Å². The lowest BCUT2D eigenvalue weighted by Gasteiger charge is -2.29. The maximum Gasteiger partial charge on any atom is 0.271 e. The molecule has 1 N–H and O–H groups in total. The van der Waals surface area contributed by atoms with Gasteiger partial charge in [0.2, 0.25) is 23.5 Å². The number of carbonyl (C=O) groups is 3. The van der Waals surface area contributed by atoms with Gasteiger partial charge in [-0.2, -0.15) is 5.01 Å². The molecule has 0 fully saturated rings. The summed E-state index contributed by atoms with van der Waals surface area (Å²) in [7, 11) is 0. The number of nitrogens with zero attached hydrogens (tertiary/aromatic N) is 3. The Labute approximate surface area is 192 Å². The summed E-state index contributed by atoms with van der Waals surface area (Å²) in [5.74, 6) is -0.0398. The summed E-state index contributed by atoms with van der Waals surface area (Å²) in [4.78, 5) is 38.1. The second kappa shape index (κ2) is 7.42. The highest BCUT2D eigenvalue weighted by Crippen LogP contribution is 2.55. The second-order valence-corrected chi connectivity index (χ2v) is 8.96. The molecule has 2 aromatic rings. The molecule has 32 heavy (non-hydrogen) atoms. The average molecular weight is 473 g/mol. The molecule has 2 aromatic carbocycles. The van der Waals surface area contributed by atoms with E-state index in [0.717, 1.165) is 16.8 Å². The smallest absolute Gasteiger partial charge is 0.271 e. The number of benzene rings is 2. The van der Waals surface area contributed by atoms with Crippen LogP contribution in [0, 0.1) is 0 Å². The molecule has 3 heterocycles. The molecule has 0 saturated carbocycles. The van der Waals surface area contributed by atoms with Crippen molar-refractivity contribution in [3.63, 3.8) is 0 Å². The van der Waals surface area contributed by atoms with Crippen LogP contribution in [0.2, 0.25) is 5.02 Å². The van der Waals surface area contributed by atoms with Crippen LogP contribution in [-0.2, 0) is 25.8 Å². The lowest BCUT2D eigenvalue weighted by molar-refractivity contribution is -0.139. The monoisotopic (exact) mass is 472 g/mol. The van der Waals surface area contributed by atoms with Crippen LogP contribution in [0.3, 0.4) is 0 Å². The number of anilines is 1. The Morgan fingerprint density at radius 3 is 2.66 bits per heavy atom. The van der Waals surface area contributed by atoms with Crippen LogP contribution >= 0.6 is 23.4 Å². The number of hydrogen-bond acceptors (Lipinski definition) is 7. The minimum atomic E-state index is -1.46. The average Bonchev–Trinajstić information content (AvgIpc) is 3.41. The largest absolute Gasteiger partial charge is 0.454 e. The van der Waals surface area contributed by atoms with Crippen molar-refractivity contribution >= 4 is 51.9 Å². The van der Waals surface area contributed by atoms with Gasteiger partial charge in [0.05, 0.1) is 12.2 Å². The maximum absolute atomic E-state index is 13.9. The number of ether oxygens (including phenoxy) is 2. The van der Waals surface area contributed by atoms with Gasteiger partial charge in [-0.15, -0.1) is 5.10 Å². The SMILES string of the molecule is CC(=O)NC1=NN(C(C)=O)C2(S1)C(=O)N(Cc1cc3c(cc1Cl)OCO3)c1ccccc12. The molecule has 0 bridgehead atoms. The zero-order valence-corrected chi connectivity index (χ0v) is 18.6. The number of halogens is 1. The molecule has 11 heteroatoms. The third-order valence-corrected chi connectivity index (χ3v) is 6.87. The number of hydrazone groups is 1. The minimum Gasteiger partial charge on any atom is -0.454 e. The molecule has 9 nitrogen and oxygen atoms in total. The van der Waals surface area contributed by atoms with Crippen LogP contribution in [0.1, 0.15) is 25.0 Å². The van der Waals surface area contributed by atoms with Crippen molar-refractivity contribution in [1.82, 2.24) is 10.3 Å². The fraction of sp³-hybridized carbons (Fsp3) is 0.238. The van der Waals surface area contributed by atoms with E-state index in [4.69, 9.17) is 21.1 Å². The molecule has 1 spiro atoms. The highest BCUT2D eigenvalue weighted by atomic mass is 35.5. The predicted molar refractivity (Wildman–Crippen MR) is 118 cm³/mol. The molecule has 3 aliphatic heterocycles. The predicted octanol–water partition coefficient (Wildman–Crippen LogP) is 2.77. The first kappa shape index (κ1) is 20.7. The zero-order valence-electron chi connectivity index (χ0n) is 17.0. The van der Waals surface area contributed by atoms with E-state index in [1.165, 1.54) is 13.8 Å². The Morgan fingerprint density at radius 1 is 1.22 bits per heavy atom. The molecule has 1 unspecified atom stereocenters. The number of thioether (sulfide) groups is 1. The van der Waals surface area contributed by atoms with E-state index in [9.17, 15) is 14.4 Å². The summed E-state index contributed by atoms with van der Waals surface area (Å²) in [5, 5.41) is 8.57. The van der Waals surface area contributed by atoms with Crippen LogP contribution in [-0.4, -0.2) is 34.7 Å². The van der Waals surface area contributed by atoms with Crippen LogP contribution in [0.25, 0.3) is 0 Å². The third kappa shape index (κ3) is 3.01. The highest BCUT2D eigenvalue weighted by molar-refractivity contribution is 8.15. The molecule has 0 aromatic heterocycles. The molecular weight excluding hydrogens is 456 g/mol. The van der Waals surface area contributed by atoms with Crippen molar-refractivity contribution in [1.29, 1.82) is 0 Å². The van der Waals surface area contributed by atoms with E-state index in [2.05, 4.69) is 10.4 Å². The van der Waals surface area contributed by atoms with Gasteiger partial charge in [0.25, 0.3) is 5.91 Å². The van der Waals surface area contributed by atoms with Crippen LogP contribution < -0.4 is 19.7 Å². The summed E-state index contributed by atoms with van der Waals surface area (Å²) < 4.78 is 10.8. The maximum atomic E-state index is 13.9. The van der Waals surface area contributed by atoms with Crippen molar-refractivity contribution in [2.24, 2.45) is 5.10 Å². The normalized spacial score (nSPS) is 20.6. The summed E-state index contributed by atoms with van der Waals surface area (Å²) in [6, 6.07) is 10.6. The first-order valence-electron chi connectivity index (χ1n) is 9.67. The van der Waals surface area contributed by atoms with E-state index in [-0.39, 0.29) is 30.3 Å². The van der Waals surface area contributed by atoms with Gasteiger partial charge in [-0.25, -0.2) is 0 Å². The Hall–Kier alpha value is -3.24. The quantitative estimate of drug-likeness (QED) is 0.721. The number of amides is 3. The van der Waals surface area contributed by atoms with Crippen molar-refractivity contribution in [3.05, 3.63) is 52.5 Å². The van der Waals surface area contributed by atoms with E-state index in [1.54, 1.807) is 35.2 Å². The number of para-hydroxylation sites is 1. The van der Waals surface area contributed by atoms with Gasteiger partial charge >= 0.3 is 0 Å². The fourth-order valence-electron chi connectivity index (χ4n) is 3.97. The summed E-state index contributed by atoms with van der Waals surface area (Å²) in [6.45, 7) is 2.92. The Balaban J connectivity index is 1.58. The molecule has 0 aliphatic carbocycles. The molecule has 5 rings (SSSR count). The molecular formula is C21H17ClN4O5S. The van der Waals surface area contributed by atoms with E-state index < -0.39 is 10.8 Å². The highest BCUT2D eigenvalue weighted by Gasteiger charge is 2.61. The standard InChI is InChI=1S/C21H17ClN4O5S/c1-11(27)23-20-24-26(12(2)28)21(32-20)14-5-3-4-6-16(14)25(19(21)29)9-13-7-17-18(8-15(13)22)31-10-30-17/h3-8H,9-10H2,1-2H3,(H,23,24,27). The van der Waals surface area contributed by atoms with Gasteiger partial charge in [-0.1, -0.05) is 29.8 Å². The number of hydrogen-bond donors (Lipinski definition) is 1. The van der Waals surface area contributed by atoms with E-state index in [1.807, 2.05) is 6.07 Å². The second-order valence-electron chi connectivity index (χ2n) is 7.37. The van der Waals surface area contributed by atoms with Crippen molar-refractivity contribution in [2.45, 2.75) is 25.3 Å².